The molecule has 1 heterocycles. The van der Waals surface area contributed by atoms with Crippen LogP contribution in [0.5, 0.6) is 0 Å². The highest BCUT2D eigenvalue weighted by atomic mass is 19.1. The molecule has 2 nitrogen and oxygen atoms in total. The molecule has 1 aliphatic carbocycles. The zero-order valence-corrected chi connectivity index (χ0v) is 12.7. The van der Waals surface area contributed by atoms with Gasteiger partial charge in [-0.25, -0.2) is 4.39 Å². The first-order valence-corrected chi connectivity index (χ1v) is 7.64. The van der Waals surface area contributed by atoms with Gasteiger partial charge in [0.2, 0.25) is 0 Å². The molecular formula is C17H25FN2. The lowest BCUT2D eigenvalue weighted by Crippen LogP contribution is -2.55. The molecule has 1 fully saturated rings. The summed E-state index contributed by atoms with van der Waals surface area (Å²) < 4.78 is 13.6. The fourth-order valence-electron chi connectivity index (χ4n) is 4.65. The number of rotatable bonds is 2. The molecule has 0 aromatic heterocycles. The number of hydrogen-bond donors (Lipinski definition) is 1. The molecule has 1 aromatic rings. The highest BCUT2D eigenvalue weighted by Gasteiger charge is 2.52. The second kappa shape index (κ2) is 4.45. The van der Waals surface area contributed by atoms with Crippen molar-refractivity contribution < 1.29 is 4.39 Å². The van der Waals surface area contributed by atoms with E-state index < -0.39 is 0 Å². The number of benzene rings is 1. The van der Waals surface area contributed by atoms with Crippen LogP contribution in [0, 0.1) is 17.2 Å². The van der Waals surface area contributed by atoms with Crippen LogP contribution in [-0.2, 0) is 6.42 Å². The second-order valence-electron chi connectivity index (χ2n) is 7.43. The van der Waals surface area contributed by atoms with Crippen molar-refractivity contribution in [1.29, 1.82) is 0 Å². The lowest BCUT2D eigenvalue weighted by Gasteiger charge is -2.44. The third-order valence-corrected chi connectivity index (χ3v) is 5.39. The Morgan fingerprint density at radius 2 is 2.15 bits per heavy atom. The topological polar surface area (TPSA) is 29.3 Å². The van der Waals surface area contributed by atoms with Gasteiger partial charge < -0.3 is 10.6 Å². The van der Waals surface area contributed by atoms with Gasteiger partial charge in [-0.15, -0.1) is 0 Å². The molecule has 0 saturated heterocycles. The summed E-state index contributed by atoms with van der Waals surface area (Å²) in [7, 11) is 0. The summed E-state index contributed by atoms with van der Waals surface area (Å²) in [6.07, 6.45) is 3.28. The van der Waals surface area contributed by atoms with Gasteiger partial charge in [-0.2, -0.15) is 0 Å². The van der Waals surface area contributed by atoms with E-state index in [1.807, 2.05) is 6.07 Å². The first-order chi connectivity index (χ1) is 9.38. The van der Waals surface area contributed by atoms with Gasteiger partial charge in [-0.3, -0.25) is 0 Å². The van der Waals surface area contributed by atoms with E-state index in [1.165, 1.54) is 12.0 Å². The Morgan fingerprint density at radius 1 is 1.40 bits per heavy atom. The van der Waals surface area contributed by atoms with Crippen molar-refractivity contribution in [3.05, 3.63) is 29.6 Å². The average Bonchev–Trinajstić information content (AvgIpc) is 2.87. The maximum Gasteiger partial charge on any atom is 0.125 e. The van der Waals surface area contributed by atoms with E-state index in [9.17, 15) is 4.39 Å². The van der Waals surface area contributed by atoms with Crippen molar-refractivity contribution in [2.45, 2.75) is 45.6 Å². The van der Waals surface area contributed by atoms with Crippen molar-refractivity contribution >= 4 is 5.69 Å². The van der Waals surface area contributed by atoms with Gasteiger partial charge in [0.15, 0.2) is 0 Å². The molecule has 0 radical (unpaired) electrons. The van der Waals surface area contributed by atoms with Gasteiger partial charge >= 0.3 is 0 Å². The van der Waals surface area contributed by atoms with Gasteiger partial charge in [0.25, 0.3) is 0 Å². The number of nitrogens with two attached hydrogens (primary N) is 1. The van der Waals surface area contributed by atoms with Crippen molar-refractivity contribution in [2.24, 2.45) is 17.1 Å². The molecule has 1 aromatic carbocycles. The van der Waals surface area contributed by atoms with E-state index in [2.05, 4.69) is 25.7 Å². The number of anilines is 1. The Balaban J connectivity index is 2.03. The molecule has 2 aliphatic rings. The molecule has 3 rings (SSSR count). The van der Waals surface area contributed by atoms with Crippen LogP contribution in [0.3, 0.4) is 0 Å². The highest BCUT2D eigenvalue weighted by molar-refractivity contribution is 5.61. The summed E-state index contributed by atoms with van der Waals surface area (Å²) in [6, 6.07) is 5.19. The zero-order valence-electron chi connectivity index (χ0n) is 12.7. The van der Waals surface area contributed by atoms with Crippen LogP contribution in [0.2, 0.25) is 0 Å². The van der Waals surface area contributed by atoms with Crippen molar-refractivity contribution in [3.8, 4) is 0 Å². The van der Waals surface area contributed by atoms with Gasteiger partial charge in [0.1, 0.15) is 5.82 Å². The third-order valence-electron chi connectivity index (χ3n) is 5.39. The maximum absolute atomic E-state index is 13.6. The van der Waals surface area contributed by atoms with E-state index in [0.29, 0.717) is 17.9 Å². The molecule has 0 spiro atoms. The molecule has 1 saturated carbocycles. The first-order valence-electron chi connectivity index (χ1n) is 7.64. The molecule has 3 heteroatoms. The molecule has 20 heavy (non-hydrogen) atoms. The lowest BCUT2D eigenvalue weighted by atomic mass is 9.84. The molecule has 2 atom stereocenters. The average molecular weight is 276 g/mol. The Labute approximate surface area is 121 Å². The lowest BCUT2D eigenvalue weighted by molar-refractivity contribution is 0.308. The SMILES string of the molecule is CC1CC(C)(C)CC1(CN)N1CCc2ccc(F)cc21. The third kappa shape index (κ3) is 1.95. The Bertz CT molecular complexity index is 526. The summed E-state index contributed by atoms with van der Waals surface area (Å²) in [5, 5.41) is 0. The smallest absolute Gasteiger partial charge is 0.125 e. The summed E-state index contributed by atoms with van der Waals surface area (Å²) in [4.78, 5) is 2.41. The van der Waals surface area contributed by atoms with Crippen molar-refractivity contribution in [1.82, 2.24) is 0 Å². The molecule has 2 unspecified atom stereocenters. The van der Waals surface area contributed by atoms with Gasteiger partial charge in [-0.05, 0) is 48.3 Å². The van der Waals surface area contributed by atoms with Crippen molar-refractivity contribution in [2.75, 3.05) is 18.0 Å². The normalized spacial score (nSPS) is 31.6. The minimum atomic E-state index is -0.146. The Hall–Kier alpha value is -1.09. The summed E-state index contributed by atoms with van der Waals surface area (Å²) in [6.45, 7) is 8.57. The van der Waals surface area contributed by atoms with Gasteiger partial charge in [0.05, 0.1) is 5.54 Å². The van der Waals surface area contributed by atoms with E-state index >= 15 is 0 Å². The van der Waals surface area contributed by atoms with Crippen LogP contribution in [0.1, 0.15) is 39.2 Å². The van der Waals surface area contributed by atoms with Crippen LogP contribution in [0.15, 0.2) is 18.2 Å². The van der Waals surface area contributed by atoms with Crippen LogP contribution >= 0.6 is 0 Å². The molecule has 0 bridgehead atoms. The number of hydrogen-bond acceptors (Lipinski definition) is 2. The fourth-order valence-corrected chi connectivity index (χ4v) is 4.65. The van der Waals surface area contributed by atoms with E-state index in [-0.39, 0.29) is 11.4 Å². The van der Waals surface area contributed by atoms with E-state index in [0.717, 1.165) is 25.1 Å². The van der Waals surface area contributed by atoms with Crippen molar-refractivity contribution in [3.63, 3.8) is 0 Å². The molecular weight excluding hydrogens is 251 g/mol. The van der Waals surface area contributed by atoms with Crippen LogP contribution in [0.4, 0.5) is 10.1 Å². The van der Waals surface area contributed by atoms with Crippen LogP contribution < -0.4 is 10.6 Å². The largest absolute Gasteiger partial charge is 0.364 e. The van der Waals surface area contributed by atoms with E-state index in [4.69, 9.17) is 5.73 Å². The van der Waals surface area contributed by atoms with Gasteiger partial charge in [0, 0.05) is 18.8 Å². The summed E-state index contributed by atoms with van der Waals surface area (Å²) in [5.41, 5.74) is 8.85. The molecule has 1 aliphatic heterocycles. The maximum atomic E-state index is 13.6. The zero-order chi connectivity index (χ0) is 14.5. The minimum absolute atomic E-state index is 0.0114. The summed E-state index contributed by atoms with van der Waals surface area (Å²) in [5.74, 6) is 0.393. The second-order valence-corrected chi connectivity index (χ2v) is 7.43. The number of halogens is 1. The number of fused-ring (bicyclic) bond motifs is 1. The fraction of sp³-hybridized carbons (Fsp3) is 0.647. The van der Waals surface area contributed by atoms with E-state index in [1.54, 1.807) is 12.1 Å². The quantitative estimate of drug-likeness (QED) is 0.897. The standard InChI is InChI=1S/C17H25FN2/c1-12-9-16(2,3)10-17(12,11-19)20-7-6-13-4-5-14(18)8-15(13)20/h4-5,8,12H,6-7,9-11,19H2,1-3H3. The van der Waals surface area contributed by atoms with Crippen LogP contribution in [-0.4, -0.2) is 18.6 Å². The first kappa shape index (κ1) is 13.9. The Morgan fingerprint density at radius 3 is 2.75 bits per heavy atom. The molecule has 0 amide bonds. The minimum Gasteiger partial charge on any atom is -0.364 e. The highest BCUT2D eigenvalue weighted by Crippen LogP contribution is 2.52. The predicted molar refractivity (Wildman–Crippen MR) is 81.4 cm³/mol. The molecule has 2 N–H and O–H groups in total. The molecule has 110 valence electrons. The van der Waals surface area contributed by atoms with Gasteiger partial charge in [-0.1, -0.05) is 26.8 Å². The predicted octanol–water partition coefficient (Wildman–Crippen LogP) is 3.34. The van der Waals surface area contributed by atoms with Crippen LogP contribution in [0.25, 0.3) is 0 Å². The Kier molecular flexibility index (Phi) is 3.09. The summed E-state index contributed by atoms with van der Waals surface area (Å²) >= 11 is 0. The monoisotopic (exact) mass is 276 g/mol. The number of nitrogens with zero attached hydrogens (tertiary/aromatic N) is 1.